The first-order chi connectivity index (χ1) is 7.66. The second-order valence-corrected chi connectivity index (χ2v) is 6.93. The van der Waals surface area contributed by atoms with Gasteiger partial charge in [0.05, 0.1) is 5.25 Å². The van der Waals surface area contributed by atoms with Crippen molar-refractivity contribution in [2.75, 3.05) is 25.6 Å². The highest BCUT2D eigenvalue weighted by molar-refractivity contribution is 7.89. The number of hydrogen-bond acceptors (Lipinski definition) is 3. The maximum absolute atomic E-state index is 12.4. The highest BCUT2D eigenvalue weighted by Gasteiger charge is 2.41. The van der Waals surface area contributed by atoms with Crippen molar-refractivity contribution in [3.63, 3.8) is 0 Å². The summed E-state index contributed by atoms with van der Waals surface area (Å²) >= 11 is 5.68. The average Bonchev–Trinajstić information content (AvgIpc) is 3.11. The van der Waals surface area contributed by atoms with Crippen LogP contribution < -0.4 is 0 Å². The molecule has 1 aliphatic heterocycles. The van der Waals surface area contributed by atoms with Gasteiger partial charge in [0.1, 0.15) is 0 Å². The molecular formula is C10H18ClNO3S. The summed E-state index contributed by atoms with van der Waals surface area (Å²) in [5.74, 6) is 0.374. The minimum absolute atomic E-state index is 0.214. The summed E-state index contributed by atoms with van der Waals surface area (Å²) in [5.41, 5.74) is 0. The molecule has 16 heavy (non-hydrogen) atoms. The number of sulfonamides is 1. The third kappa shape index (κ3) is 2.70. The number of rotatable bonds is 5. The van der Waals surface area contributed by atoms with Gasteiger partial charge < -0.3 is 4.74 Å². The Labute approximate surface area is 102 Å². The van der Waals surface area contributed by atoms with E-state index in [4.69, 9.17) is 16.3 Å². The summed E-state index contributed by atoms with van der Waals surface area (Å²) in [6.45, 7) is 1.57. The molecule has 0 amide bonds. The van der Waals surface area contributed by atoms with Gasteiger partial charge in [0.25, 0.3) is 0 Å². The van der Waals surface area contributed by atoms with Crippen LogP contribution in [0.2, 0.25) is 0 Å². The molecular weight excluding hydrogens is 250 g/mol. The number of hydrogen-bond donors (Lipinski definition) is 0. The van der Waals surface area contributed by atoms with E-state index in [1.165, 1.54) is 0 Å². The number of ether oxygens (including phenoxy) is 1. The van der Waals surface area contributed by atoms with Crippen LogP contribution in [-0.4, -0.2) is 49.7 Å². The Kier molecular flexibility index (Phi) is 4.11. The maximum Gasteiger partial charge on any atom is 0.217 e. The van der Waals surface area contributed by atoms with Crippen molar-refractivity contribution in [3.05, 3.63) is 0 Å². The second-order valence-electron chi connectivity index (χ2n) is 4.39. The van der Waals surface area contributed by atoms with E-state index < -0.39 is 10.0 Å². The van der Waals surface area contributed by atoms with Gasteiger partial charge in [-0.3, -0.25) is 0 Å². The highest BCUT2D eigenvalue weighted by atomic mass is 35.5. The fourth-order valence-corrected chi connectivity index (χ4v) is 4.55. The molecule has 94 valence electrons. The molecule has 0 spiro atoms. The Morgan fingerprint density at radius 2 is 1.81 bits per heavy atom. The Morgan fingerprint density at radius 1 is 1.19 bits per heavy atom. The van der Waals surface area contributed by atoms with Crippen LogP contribution in [0.3, 0.4) is 0 Å². The van der Waals surface area contributed by atoms with Crippen LogP contribution in [0.15, 0.2) is 0 Å². The van der Waals surface area contributed by atoms with Gasteiger partial charge in [-0.15, -0.1) is 11.6 Å². The van der Waals surface area contributed by atoms with Crippen LogP contribution in [0, 0.1) is 0 Å². The molecule has 2 fully saturated rings. The molecule has 2 aliphatic rings. The van der Waals surface area contributed by atoms with Crippen molar-refractivity contribution in [2.45, 2.75) is 37.0 Å². The summed E-state index contributed by atoms with van der Waals surface area (Å²) in [7, 11) is -3.15. The fourth-order valence-electron chi connectivity index (χ4n) is 2.13. The van der Waals surface area contributed by atoms with Crippen LogP contribution in [0.1, 0.15) is 25.7 Å². The quantitative estimate of drug-likeness (QED) is 0.703. The van der Waals surface area contributed by atoms with Gasteiger partial charge in [0.15, 0.2) is 0 Å². The molecule has 0 aromatic carbocycles. The van der Waals surface area contributed by atoms with Crippen molar-refractivity contribution in [1.82, 2.24) is 4.31 Å². The zero-order valence-corrected chi connectivity index (χ0v) is 10.8. The smallest absolute Gasteiger partial charge is 0.217 e. The molecule has 2 rings (SSSR count). The molecule has 0 radical (unpaired) electrons. The van der Waals surface area contributed by atoms with Gasteiger partial charge in [-0.05, 0) is 25.7 Å². The van der Waals surface area contributed by atoms with Crippen molar-refractivity contribution in [3.8, 4) is 0 Å². The molecule has 0 bridgehead atoms. The molecule has 1 aliphatic carbocycles. The Balaban J connectivity index is 2.07. The molecule has 6 heteroatoms. The lowest BCUT2D eigenvalue weighted by molar-refractivity contribution is 0.0972. The van der Waals surface area contributed by atoms with E-state index in [0.29, 0.717) is 38.5 Å². The summed E-state index contributed by atoms with van der Waals surface area (Å²) in [5, 5.41) is -0.259. The minimum Gasteiger partial charge on any atom is -0.381 e. The normalized spacial score (nSPS) is 23.9. The maximum atomic E-state index is 12.4. The predicted molar refractivity (Wildman–Crippen MR) is 63.2 cm³/mol. The largest absolute Gasteiger partial charge is 0.381 e. The number of halogens is 1. The van der Waals surface area contributed by atoms with Crippen LogP contribution in [-0.2, 0) is 14.8 Å². The van der Waals surface area contributed by atoms with E-state index in [1.807, 2.05) is 0 Å². The van der Waals surface area contributed by atoms with E-state index in [-0.39, 0.29) is 11.3 Å². The first kappa shape index (κ1) is 12.6. The average molecular weight is 268 g/mol. The topological polar surface area (TPSA) is 46.6 Å². The first-order valence-corrected chi connectivity index (χ1v) is 7.84. The highest BCUT2D eigenvalue weighted by Crippen LogP contribution is 2.32. The zero-order valence-electron chi connectivity index (χ0n) is 9.27. The van der Waals surface area contributed by atoms with Crippen LogP contribution in [0.25, 0.3) is 0 Å². The van der Waals surface area contributed by atoms with Gasteiger partial charge in [0.2, 0.25) is 10.0 Å². The van der Waals surface area contributed by atoms with Gasteiger partial charge in [-0.2, -0.15) is 4.31 Å². The van der Waals surface area contributed by atoms with Gasteiger partial charge in [-0.1, -0.05) is 0 Å². The van der Waals surface area contributed by atoms with Crippen molar-refractivity contribution < 1.29 is 13.2 Å². The Bertz CT molecular complexity index is 323. The van der Waals surface area contributed by atoms with Crippen molar-refractivity contribution >= 4 is 21.6 Å². The minimum atomic E-state index is -3.15. The standard InChI is InChI=1S/C10H18ClNO3S/c11-5-6-12(9-1-2-9)16(13,14)10-3-7-15-8-4-10/h9-10H,1-8H2. The van der Waals surface area contributed by atoms with Crippen molar-refractivity contribution in [2.24, 2.45) is 0 Å². The summed E-state index contributed by atoms with van der Waals surface area (Å²) < 4.78 is 31.6. The summed E-state index contributed by atoms with van der Waals surface area (Å²) in [4.78, 5) is 0. The van der Waals surface area contributed by atoms with E-state index >= 15 is 0 Å². The molecule has 0 atom stereocenters. The van der Waals surface area contributed by atoms with E-state index in [2.05, 4.69) is 0 Å². The van der Waals surface area contributed by atoms with Gasteiger partial charge in [0, 0.05) is 31.7 Å². The third-order valence-electron chi connectivity index (χ3n) is 3.18. The molecule has 4 nitrogen and oxygen atoms in total. The molecule has 1 heterocycles. The third-order valence-corrected chi connectivity index (χ3v) is 5.79. The van der Waals surface area contributed by atoms with Crippen LogP contribution in [0.5, 0.6) is 0 Å². The molecule has 1 saturated heterocycles. The number of alkyl halides is 1. The summed E-state index contributed by atoms with van der Waals surface area (Å²) in [6.07, 6.45) is 3.21. The Hall–Kier alpha value is 0.160. The lowest BCUT2D eigenvalue weighted by atomic mass is 10.2. The molecule has 0 aromatic heterocycles. The second kappa shape index (κ2) is 5.21. The summed E-state index contributed by atoms with van der Waals surface area (Å²) in [6, 6.07) is 0.214. The zero-order chi connectivity index (χ0) is 11.6. The molecule has 0 aromatic rings. The van der Waals surface area contributed by atoms with E-state index in [0.717, 1.165) is 12.8 Å². The van der Waals surface area contributed by atoms with Crippen LogP contribution in [0.4, 0.5) is 0 Å². The van der Waals surface area contributed by atoms with Gasteiger partial charge >= 0.3 is 0 Å². The lowest BCUT2D eigenvalue weighted by Crippen LogP contribution is -2.43. The first-order valence-electron chi connectivity index (χ1n) is 5.80. The fraction of sp³-hybridized carbons (Fsp3) is 1.00. The van der Waals surface area contributed by atoms with E-state index in [9.17, 15) is 8.42 Å². The molecule has 0 unspecified atom stereocenters. The van der Waals surface area contributed by atoms with Crippen LogP contribution >= 0.6 is 11.6 Å². The van der Waals surface area contributed by atoms with Gasteiger partial charge in [-0.25, -0.2) is 8.42 Å². The molecule has 0 N–H and O–H groups in total. The van der Waals surface area contributed by atoms with E-state index in [1.54, 1.807) is 4.31 Å². The molecule has 1 saturated carbocycles. The monoisotopic (exact) mass is 267 g/mol. The number of nitrogens with zero attached hydrogens (tertiary/aromatic N) is 1. The lowest BCUT2D eigenvalue weighted by Gasteiger charge is -2.29. The predicted octanol–water partition coefficient (Wildman–Crippen LogP) is 1.20. The Morgan fingerprint density at radius 3 is 2.31 bits per heavy atom. The van der Waals surface area contributed by atoms with Crippen molar-refractivity contribution in [1.29, 1.82) is 0 Å². The SMILES string of the molecule is O=S(=O)(C1CCOCC1)N(CCCl)C1CC1.